The summed E-state index contributed by atoms with van der Waals surface area (Å²) in [6.07, 6.45) is 6.87. The molecule has 2 bridgehead atoms. The molecule has 2 atom stereocenters. The highest BCUT2D eigenvalue weighted by Crippen LogP contribution is 2.35. The van der Waals surface area contributed by atoms with E-state index >= 15 is 0 Å². The SMILES string of the molecule is CNC1CC2CCCC(C1)N2Cc1cccc(C)c1. The number of hydrogen-bond acceptors (Lipinski definition) is 2. The molecule has 2 unspecified atom stereocenters. The number of nitrogens with zero attached hydrogens (tertiary/aromatic N) is 1. The van der Waals surface area contributed by atoms with Gasteiger partial charge >= 0.3 is 0 Å². The van der Waals surface area contributed by atoms with Gasteiger partial charge in [-0.25, -0.2) is 0 Å². The largest absolute Gasteiger partial charge is 0.317 e. The third-order valence-corrected chi connectivity index (χ3v) is 4.98. The Hall–Kier alpha value is -0.860. The fourth-order valence-electron chi connectivity index (χ4n) is 3.99. The molecule has 0 radical (unpaired) electrons. The first-order valence-corrected chi connectivity index (χ1v) is 7.75. The Morgan fingerprint density at radius 2 is 1.95 bits per heavy atom. The molecule has 0 aromatic heterocycles. The molecule has 0 saturated carbocycles. The molecule has 2 heterocycles. The maximum atomic E-state index is 3.50. The maximum Gasteiger partial charge on any atom is 0.0239 e. The van der Waals surface area contributed by atoms with Crippen molar-refractivity contribution in [1.29, 1.82) is 0 Å². The summed E-state index contributed by atoms with van der Waals surface area (Å²) in [6, 6.07) is 11.4. The molecule has 1 N–H and O–H groups in total. The standard InChI is InChI=1S/C17H26N2/c1-13-5-3-6-14(9-13)12-19-16-7-4-8-17(19)11-15(10-16)18-2/h3,5-6,9,15-18H,4,7-8,10-12H2,1-2H3. The summed E-state index contributed by atoms with van der Waals surface area (Å²) in [4.78, 5) is 2.78. The Morgan fingerprint density at radius 1 is 1.21 bits per heavy atom. The van der Waals surface area contributed by atoms with Crippen LogP contribution in [0.1, 0.15) is 43.2 Å². The Bertz CT molecular complexity index is 415. The van der Waals surface area contributed by atoms with E-state index in [2.05, 4.69) is 48.5 Å². The minimum Gasteiger partial charge on any atom is -0.317 e. The molecule has 3 rings (SSSR count). The average Bonchev–Trinajstić information content (AvgIpc) is 2.38. The van der Waals surface area contributed by atoms with Gasteiger partial charge in [-0.05, 0) is 45.2 Å². The summed E-state index contributed by atoms with van der Waals surface area (Å²) in [5, 5.41) is 3.50. The molecule has 19 heavy (non-hydrogen) atoms. The Labute approximate surface area is 117 Å². The van der Waals surface area contributed by atoms with Crippen molar-refractivity contribution in [2.45, 2.75) is 63.7 Å². The molecule has 0 amide bonds. The van der Waals surface area contributed by atoms with Crippen LogP contribution in [0.5, 0.6) is 0 Å². The lowest BCUT2D eigenvalue weighted by molar-refractivity contribution is 0.0190. The summed E-state index contributed by atoms with van der Waals surface area (Å²) in [7, 11) is 2.12. The second-order valence-electron chi connectivity index (χ2n) is 6.36. The highest BCUT2D eigenvalue weighted by molar-refractivity contribution is 5.22. The molecular weight excluding hydrogens is 232 g/mol. The van der Waals surface area contributed by atoms with Crippen LogP contribution in [-0.2, 0) is 6.54 Å². The van der Waals surface area contributed by atoms with E-state index in [0.29, 0.717) is 0 Å². The first-order chi connectivity index (χ1) is 9.26. The number of rotatable bonds is 3. The van der Waals surface area contributed by atoms with Gasteiger partial charge < -0.3 is 5.32 Å². The third-order valence-electron chi connectivity index (χ3n) is 4.98. The molecule has 0 aliphatic carbocycles. The first-order valence-electron chi connectivity index (χ1n) is 7.75. The van der Waals surface area contributed by atoms with Crippen LogP contribution in [0.15, 0.2) is 24.3 Å². The van der Waals surface area contributed by atoms with Gasteiger partial charge in [0.15, 0.2) is 0 Å². The predicted octanol–water partition coefficient (Wildman–Crippen LogP) is 3.10. The zero-order chi connectivity index (χ0) is 13.2. The number of benzene rings is 1. The topological polar surface area (TPSA) is 15.3 Å². The summed E-state index contributed by atoms with van der Waals surface area (Å²) < 4.78 is 0. The molecule has 1 aromatic rings. The van der Waals surface area contributed by atoms with Gasteiger partial charge in [-0.3, -0.25) is 4.90 Å². The quantitative estimate of drug-likeness (QED) is 0.896. The van der Waals surface area contributed by atoms with Gasteiger partial charge in [0.25, 0.3) is 0 Å². The summed E-state index contributed by atoms with van der Waals surface area (Å²) in [5.41, 5.74) is 2.87. The third kappa shape index (κ3) is 2.85. The van der Waals surface area contributed by atoms with E-state index in [0.717, 1.165) is 24.7 Å². The monoisotopic (exact) mass is 258 g/mol. The van der Waals surface area contributed by atoms with E-state index in [4.69, 9.17) is 0 Å². The van der Waals surface area contributed by atoms with Crippen molar-refractivity contribution in [2.75, 3.05) is 7.05 Å². The molecule has 2 aliphatic heterocycles. The minimum atomic E-state index is 0.740. The number of nitrogens with one attached hydrogen (secondary N) is 1. The van der Waals surface area contributed by atoms with Crippen LogP contribution in [0.25, 0.3) is 0 Å². The fourth-order valence-corrected chi connectivity index (χ4v) is 3.99. The Morgan fingerprint density at radius 3 is 2.58 bits per heavy atom. The van der Waals surface area contributed by atoms with Crippen LogP contribution in [0.2, 0.25) is 0 Å². The van der Waals surface area contributed by atoms with Gasteiger partial charge in [0, 0.05) is 24.7 Å². The summed E-state index contributed by atoms with van der Waals surface area (Å²) in [5.74, 6) is 0. The Balaban J connectivity index is 1.73. The zero-order valence-electron chi connectivity index (χ0n) is 12.2. The Kier molecular flexibility index (Phi) is 3.90. The lowest BCUT2D eigenvalue weighted by Crippen LogP contribution is -2.55. The van der Waals surface area contributed by atoms with E-state index in [-0.39, 0.29) is 0 Å². The van der Waals surface area contributed by atoms with Crippen LogP contribution >= 0.6 is 0 Å². The van der Waals surface area contributed by atoms with E-state index in [1.807, 2.05) is 0 Å². The van der Waals surface area contributed by atoms with Crippen molar-refractivity contribution in [3.63, 3.8) is 0 Å². The van der Waals surface area contributed by atoms with Gasteiger partial charge in [0.1, 0.15) is 0 Å². The van der Waals surface area contributed by atoms with Crippen LogP contribution in [0.4, 0.5) is 0 Å². The highest BCUT2D eigenvalue weighted by atomic mass is 15.2. The van der Waals surface area contributed by atoms with Crippen molar-refractivity contribution < 1.29 is 0 Å². The molecular formula is C17H26N2. The van der Waals surface area contributed by atoms with Crippen molar-refractivity contribution >= 4 is 0 Å². The van der Waals surface area contributed by atoms with Crippen LogP contribution in [-0.4, -0.2) is 30.1 Å². The molecule has 2 heteroatoms. The van der Waals surface area contributed by atoms with Crippen molar-refractivity contribution in [3.05, 3.63) is 35.4 Å². The number of aryl methyl sites for hydroxylation is 1. The molecule has 0 spiro atoms. The van der Waals surface area contributed by atoms with Gasteiger partial charge in [-0.2, -0.15) is 0 Å². The lowest BCUT2D eigenvalue weighted by Gasteiger charge is -2.49. The molecule has 2 aliphatic rings. The summed E-state index contributed by atoms with van der Waals surface area (Å²) >= 11 is 0. The van der Waals surface area contributed by atoms with Gasteiger partial charge in [0.2, 0.25) is 0 Å². The predicted molar refractivity (Wildman–Crippen MR) is 80.2 cm³/mol. The second kappa shape index (κ2) is 5.64. The normalized spacial score (nSPS) is 31.4. The molecule has 2 fully saturated rings. The number of fused-ring (bicyclic) bond motifs is 2. The van der Waals surface area contributed by atoms with Gasteiger partial charge in [-0.1, -0.05) is 36.2 Å². The molecule has 1 aromatic carbocycles. The average molecular weight is 258 g/mol. The van der Waals surface area contributed by atoms with Gasteiger partial charge in [-0.15, -0.1) is 0 Å². The minimum absolute atomic E-state index is 0.740. The van der Waals surface area contributed by atoms with Crippen molar-refractivity contribution in [1.82, 2.24) is 10.2 Å². The number of piperidine rings is 2. The molecule has 2 saturated heterocycles. The van der Waals surface area contributed by atoms with Crippen molar-refractivity contribution in [3.8, 4) is 0 Å². The lowest BCUT2D eigenvalue weighted by atomic mass is 9.81. The van der Waals surface area contributed by atoms with Crippen LogP contribution < -0.4 is 5.32 Å². The zero-order valence-corrected chi connectivity index (χ0v) is 12.2. The van der Waals surface area contributed by atoms with Gasteiger partial charge in [0.05, 0.1) is 0 Å². The summed E-state index contributed by atoms with van der Waals surface area (Å²) in [6.45, 7) is 3.34. The van der Waals surface area contributed by atoms with E-state index < -0.39 is 0 Å². The van der Waals surface area contributed by atoms with Crippen LogP contribution in [0.3, 0.4) is 0 Å². The molecule has 2 nitrogen and oxygen atoms in total. The van der Waals surface area contributed by atoms with E-state index in [9.17, 15) is 0 Å². The van der Waals surface area contributed by atoms with Crippen molar-refractivity contribution in [2.24, 2.45) is 0 Å². The fraction of sp³-hybridized carbons (Fsp3) is 0.647. The molecule has 104 valence electrons. The second-order valence-corrected chi connectivity index (χ2v) is 6.36. The number of hydrogen-bond donors (Lipinski definition) is 1. The first kappa shape index (κ1) is 13.1. The van der Waals surface area contributed by atoms with E-state index in [1.54, 1.807) is 0 Å². The smallest absolute Gasteiger partial charge is 0.0239 e. The highest BCUT2D eigenvalue weighted by Gasteiger charge is 2.37. The van der Waals surface area contributed by atoms with E-state index in [1.165, 1.54) is 43.2 Å². The van der Waals surface area contributed by atoms with Crippen LogP contribution in [0, 0.1) is 6.92 Å². The maximum absolute atomic E-state index is 3.50.